The fraction of sp³-hybridized carbons (Fsp3) is 0.222. The van der Waals surface area contributed by atoms with Crippen LogP contribution in [0.2, 0.25) is 0 Å². The minimum absolute atomic E-state index is 0.0213. The highest BCUT2D eigenvalue weighted by atomic mass is 19.1. The summed E-state index contributed by atoms with van der Waals surface area (Å²) >= 11 is 0. The first-order valence-corrected chi connectivity index (χ1v) is 11.3. The molecule has 3 aromatic carbocycles. The molecule has 1 aliphatic carbocycles. The number of amides is 2. The van der Waals surface area contributed by atoms with Gasteiger partial charge in [-0.25, -0.2) is 14.0 Å². The number of carboxylic acids is 1. The zero-order chi connectivity index (χ0) is 24.9. The standard InChI is InChI=1S/C27H25FN2O5/c1-2-8-23(26(32)33)29-25(31)20-13-7-14-22(28)24(20)30-27(34)35-15-21-18-11-5-3-9-16(18)17-10-4-6-12-19(17)21/h3-7,9-14,21,23H,2,8,15H2,1H3,(H,29,31)(H,30,34)(H,32,33). The Morgan fingerprint density at radius 1 is 0.971 bits per heavy atom. The maximum Gasteiger partial charge on any atom is 0.411 e. The highest BCUT2D eigenvalue weighted by Crippen LogP contribution is 2.44. The number of hydrogen-bond donors (Lipinski definition) is 3. The molecule has 1 aliphatic rings. The van der Waals surface area contributed by atoms with Crippen LogP contribution in [0.5, 0.6) is 0 Å². The molecule has 0 saturated carbocycles. The second kappa shape index (κ2) is 10.4. The molecule has 0 heterocycles. The van der Waals surface area contributed by atoms with Gasteiger partial charge in [0.2, 0.25) is 0 Å². The first-order chi connectivity index (χ1) is 16.9. The predicted molar refractivity (Wildman–Crippen MR) is 129 cm³/mol. The van der Waals surface area contributed by atoms with Crippen molar-refractivity contribution in [2.24, 2.45) is 0 Å². The SMILES string of the molecule is CCCC(NC(=O)c1cccc(F)c1NC(=O)OCC1c2ccccc2-c2ccccc21)C(=O)O. The Balaban J connectivity index is 1.49. The van der Waals surface area contributed by atoms with Crippen molar-refractivity contribution in [3.63, 3.8) is 0 Å². The Morgan fingerprint density at radius 3 is 2.20 bits per heavy atom. The number of carboxylic acid groups (broad SMARTS) is 1. The van der Waals surface area contributed by atoms with Gasteiger partial charge in [0.05, 0.1) is 11.3 Å². The molecule has 3 aromatic rings. The van der Waals surface area contributed by atoms with Gasteiger partial charge in [-0.1, -0.05) is 67.9 Å². The van der Waals surface area contributed by atoms with Gasteiger partial charge >= 0.3 is 12.1 Å². The molecule has 0 saturated heterocycles. The second-order valence-corrected chi connectivity index (χ2v) is 8.27. The third-order valence-corrected chi connectivity index (χ3v) is 6.01. The van der Waals surface area contributed by atoms with Crippen LogP contribution >= 0.6 is 0 Å². The van der Waals surface area contributed by atoms with E-state index >= 15 is 0 Å². The summed E-state index contributed by atoms with van der Waals surface area (Å²) in [7, 11) is 0. The van der Waals surface area contributed by atoms with Gasteiger partial charge in [-0.3, -0.25) is 10.1 Å². The third kappa shape index (κ3) is 5.01. The van der Waals surface area contributed by atoms with E-state index in [4.69, 9.17) is 4.74 Å². The minimum atomic E-state index is -1.19. The lowest BCUT2D eigenvalue weighted by molar-refractivity contribution is -0.139. The number of halogens is 1. The van der Waals surface area contributed by atoms with Crippen molar-refractivity contribution in [2.75, 3.05) is 11.9 Å². The fourth-order valence-corrected chi connectivity index (χ4v) is 4.36. The maximum absolute atomic E-state index is 14.6. The molecule has 0 fully saturated rings. The zero-order valence-electron chi connectivity index (χ0n) is 19.1. The minimum Gasteiger partial charge on any atom is -0.480 e. The smallest absolute Gasteiger partial charge is 0.411 e. The van der Waals surface area contributed by atoms with E-state index in [1.54, 1.807) is 6.92 Å². The number of anilines is 1. The van der Waals surface area contributed by atoms with Gasteiger partial charge in [0.25, 0.3) is 5.91 Å². The van der Waals surface area contributed by atoms with Crippen LogP contribution in [-0.2, 0) is 9.53 Å². The average Bonchev–Trinajstić information content (AvgIpc) is 3.17. The molecule has 180 valence electrons. The van der Waals surface area contributed by atoms with Crippen LogP contribution in [0.15, 0.2) is 66.7 Å². The molecule has 1 unspecified atom stereocenters. The number of ether oxygens (including phenoxy) is 1. The molecule has 1 atom stereocenters. The van der Waals surface area contributed by atoms with Gasteiger partial charge in [0, 0.05) is 5.92 Å². The van der Waals surface area contributed by atoms with E-state index in [1.165, 1.54) is 12.1 Å². The Kier molecular flexibility index (Phi) is 7.10. The number of aliphatic carboxylic acids is 1. The molecule has 7 nitrogen and oxygen atoms in total. The summed E-state index contributed by atoms with van der Waals surface area (Å²) in [6.07, 6.45) is -0.175. The van der Waals surface area contributed by atoms with E-state index < -0.39 is 29.8 Å². The number of nitrogens with one attached hydrogen (secondary N) is 2. The quantitative estimate of drug-likeness (QED) is 0.416. The van der Waals surface area contributed by atoms with Crippen molar-refractivity contribution in [1.82, 2.24) is 5.32 Å². The molecule has 0 spiro atoms. The monoisotopic (exact) mass is 476 g/mol. The fourth-order valence-electron chi connectivity index (χ4n) is 4.36. The molecule has 4 rings (SSSR count). The zero-order valence-corrected chi connectivity index (χ0v) is 19.1. The highest BCUT2D eigenvalue weighted by Gasteiger charge is 2.29. The van der Waals surface area contributed by atoms with Crippen molar-refractivity contribution in [1.29, 1.82) is 0 Å². The van der Waals surface area contributed by atoms with Crippen LogP contribution in [0, 0.1) is 5.82 Å². The van der Waals surface area contributed by atoms with Crippen molar-refractivity contribution in [3.05, 3.63) is 89.2 Å². The number of benzene rings is 3. The van der Waals surface area contributed by atoms with Crippen LogP contribution in [-0.4, -0.2) is 35.7 Å². The Hall–Kier alpha value is -4.20. The van der Waals surface area contributed by atoms with Gasteiger partial charge < -0.3 is 15.2 Å². The summed E-state index contributed by atoms with van der Waals surface area (Å²) in [6.45, 7) is 1.81. The van der Waals surface area contributed by atoms with Crippen molar-refractivity contribution in [2.45, 2.75) is 31.7 Å². The van der Waals surface area contributed by atoms with Gasteiger partial charge in [-0.15, -0.1) is 0 Å². The van der Waals surface area contributed by atoms with Gasteiger partial charge in [0.1, 0.15) is 18.5 Å². The second-order valence-electron chi connectivity index (χ2n) is 8.27. The summed E-state index contributed by atoms with van der Waals surface area (Å²) in [4.78, 5) is 36.7. The summed E-state index contributed by atoms with van der Waals surface area (Å²) in [5.41, 5.74) is 3.64. The lowest BCUT2D eigenvalue weighted by atomic mass is 9.98. The van der Waals surface area contributed by atoms with E-state index in [0.29, 0.717) is 6.42 Å². The summed E-state index contributed by atoms with van der Waals surface area (Å²) in [6, 6.07) is 18.3. The van der Waals surface area contributed by atoms with Crippen molar-refractivity contribution in [3.8, 4) is 11.1 Å². The molecule has 0 aromatic heterocycles. The van der Waals surface area contributed by atoms with E-state index in [9.17, 15) is 23.9 Å². The first-order valence-electron chi connectivity index (χ1n) is 11.3. The average molecular weight is 477 g/mol. The van der Waals surface area contributed by atoms with Crippen LogP contribution in [0.3, 0.4) is 0 Å². The predicted octanol–water partition coefficient (Wildman–Crippen LogP) is 5.17. The van der Waals surface area contributed by atoms with Crippen LogP contribution in [0.1, 0.15) is 47.2 Å². The first kappa shape index (κ1) is 23.9. The summed E-state index contributed by atoms with van der Waals surface area (Å²) in [5, 5.41) is 14.0. The molecular weight excluding hydrogens is 451 g/mol. The van der Waals surface area contributed by atoms with Crippen LogP contribution in [0.25, 0.3) is 11.1 Å². The van der Waals surface area contributed by atoms with Crippen LogP contribution < -0.4 is 10.6 Å². The number of hydrogen-bond acceptors (Lipinski definition) is 4. The molecule has 8 heteroatoms. The Bertz CT molecular complexity index is 1230. The summed E-state index contributed by atoms with van der Waals surface area (Å²) in [5.74, 6) is -3.02. The normalized spacial score (nSPS) is 12.9. The number of carbonyl (C=O) groups is 3. The molecular formula is C27H25FN2O5. The topological polar surface area (TPSA) is 105 Å². The van der Waals surface area contributed by atoms with Crippen molar-refractivity contribution >= 4 is 23.7 Å². The van der Waals surface area contributed by atoms with Gasteiger partial charge in [0.15, 0.2) is 0 Å². The maximum atomic E-state index is 14.6. The van der Waals surface area contributed by atoms with E-state index in [1.807, 2.05) is 48.5 Å². The van der Waals surface area contributed by atoms with Gasteiger partial charge in [-0.2, -0.15) is 0 Å². The molecule has 35 heavy (non-hydrogen) atoms. The molecule has 3 N–H and O–H groups in total. The van der Waals surface area contributed by atoms with E-state index in [2.05, 4.69) is 10.6 Å². The van der Waals surface area contributed by atoms with Crippen LogP contribution in [0.4, 0.5) is 14.9 Å². The molecule has 0 radical (unpaired) electrons. The highest BCUT2D eigenvalue weighted by molar-refractivity contribution is 6.04. The molecule has 2 amide bonds. The third-order valence-electron chi connectivity index (χ3n) is 6.01. The molecule has 0 aliphatic heterocycles. The van der Waals surface area contributed by atoms with E-state index in [0.717, 1.165) is 28.3 Å². The van der Waals surface area contributed by atoms with Gasteiger partial charge in [-0.05, 0) is 40.8 Å². The lowest BCUT2D eigenvalue weighted by Crippen LogP contribution is -2.41. The Labute approximate surface area is 201 Å². The summed E-state index contributed by atoms with van der Waals surface area (Å²) < 4.78 is 20.0. The van der Waals surface area contributed by atoms with Crippen molar-refractivity contribution < 1.29 is 28.6 Å². The molecule has 0 bridgehead atoms. The number of para-hydroxylation sites is 1. The van der Waals surface area contributed by atoms with E-state index in [-0.39, 0.29) is 30.2 Å². The number of fused-ring (bicyclic) bond motifs is 3. The lowest BCUT2D eigenvalue weighted by Gasteiger charge is -2.17. The number of rotatable bonds is 8. The largest absolute Gasteiger partial charge is 0.480 e. The number of carbonyl (C=O) groups excluding carboxylic acids is 2. The Morgan fingerprint density at radius 2 is 1.60 bits per heavy atom.